The number of halogens is 3. The maximum Gasteiger partial charge on any atom is 0.433 e. The minimum atomic E-state index is -4.67. The van der Waals surface area contributed by atoms with E-state index in [-0.39, 0.29) is 38.8 Å². The number of pyridine rings is 1. The number of fused-ring (bicyclic) bond motifs is 1. The first-order chi connectivity index (χ1) is 18.6. The summed E-state index contributed by atoms with van der Waals surface area (Å²) in [6, 6.07) is 19.7. The summed E-state index contributed by atoms with van der Waals surface area (Å²) in [6.45, 7) is 1.46. The van der Waals surface area contributed by atoms with Crippen LogP contribution in [0.4, 0.5) is 18.9 Å². The van der Waals surface area contributed by atoms with Crippen LogP contribution >= 0.6 is 11.3 Å². The van der Waals surface area contributed by atoms with Gasteiger partial charge in [0.2, 0.25) is 0 Å². The van der Waals surface area contributed by atoms with Crippen LogP contribution in [0.1, 0.15) is 31.4 Å². The van der Waals surface area contributed by atoms with Crippen molar-refractivity contribution in [1.29, 1.82) is 0 Å². The topological polar surface area (TPSA) is 112 Å². The van der Waals surface area contributed by atoms with E-state index in [0.29, 0.717) is 17.1 Å². The summed E-state index contributed by atoms with van der Waals surface area (Å²) < 4.78 is 46.8. The molecule has 39 heavy (non-hydrogen) atoms. The molecule has 3 aromatic heterocycles. The lowest BCUT2D eigenvalue weighted by Crippen LogP contribution is -2.18. The van der Waals surface area contributed by atoms with Gasteiger partial charge in [0.1, 0.15) is 21.2 Å². The highest BCUT2D eigenvalue weighted by atomic mass is 32.1. The Balaban J connectivity index is 1.31. The number of nitrogens with two attached hydrogens (primary N) is 1. The Morgan fingerprint density at radius 2 is 1.74 bits per heavy atom. The molecule has 0 aliphatic carbocycles. The van der Waals surface area contributed by atoms with E-state index in [1.54, 1.807) is 0 Å². The molecule has 5 rings (SSSR count). The van der Waals surface area contributed by atoms with E-state index in [1.165, 1.54) is 23.9 Å². The van der Waals surface area contributed by atoms with E-state index in [4.69, 9.17) is 10.5 Å². The smallest absolute Gasteiger partial charge is 0.433 e. The highest BCUT2D eigenvalue weighted by molar-refractivity contribution is 7.21. The van der Waals surface area contributed by atoms with Gasteiger partial charge in [0, 0.05) is 11.6 Å². The zero-order valence-corrected chi connectivity index (χ0v) is 21.1. The molecule has 2 amide bonds. The molecule has 3 N–H and O–H groups in total. The van der Waals surface area contributed by atoms with Crippen molar-refractivity contribution < 1.29 is 27.5 Å². The lowest BCUT2D eigenvalue weighted by molar-refractivity contribution is -0.141. The predicted molar refractivity (Wildman–Crippen MR) is 141 cm³/mol. The van der Waals surface area contributed by atoms with Crippen molar-refractivity contribution in [3.63, 3.8) is 0 Å². The maximum atomic E-state index is 13.2. The molecule has 0 atom stereocenters. The molecule has 0 bridgehead atoms. The molecular weight excluding hydrogens is 531 g/mol. The van der Waals surface area contributed by atoms with Crippen molar-refractivity contribution in [1.82, 2.24) is 14.8 Å². The zero-order valence-electron chi connectivity index (χ0n) is 20.3. The molecule has 0 saturated carbocycles. The average molecular weight is 552 g/mol. The summed E-state index contributed by atoms with van der Waals surface area (Å²) in [5.41, 5.74) is 6.65. The quantitative estimate of drug-likeness (QED) is 0.263. The summed E-state index contributed by atoms with van der Waals surface area (Å²) in [7, 11) is 0. The van der Waals surface area contributed by atoms with Crippen molar-refractivity contribution >= 4 is 39.1 Å². The standard InChI is InChI=1S/C27H20F3N5O3S/c1-15-13-20(27(28,29)30)32-26-21(15)22(23(39-26)24(31)36)33-25(37)19-11-12-35(34-19)14-38-18-9-7-17(8-10-18)16-5-3-2-4-6-16/h2-13H,14H2,1H3,(H2,31,36)(H,33,37). The number of rotatable bonds is 7. The number of primary amides is 1. The van der Waals surface area contributed by atoms with E-state index in [2.05, 4.69) is 15.4 Å². The molecule has 0 saturated heterocycles. The van der Waals surface area contributed by atoms with Crippen molar-refractivity contribution in [2.24, 2.45) is 5.73 Å². The number of thiophene rings is 1. The lowest BCUT2D eigenvalue weighted by Gasteiger charge is -2.09. The van der Waals surface area contributed by atoms with Gasteiger partial charge in [-0.2, -0.15) is 18.3 Å². The van der Waals surface area contributed by atoms with E-state index in [0.717, 1.165) is 17.2 Å². The average Bonchev–Trinajstić information content (AvgIpc) is 3.53. The Bertz CT molecular complexity index is 1680. The number of hydrogen-bond acceptors (Lipinski definition) is 6. The van der Waals surface area contributed by atoms with Gasteiger partial charge in [-0.15, -0.1) is 11.3 Å². The number of carbonyl (C=O) groups excluding carboxylic acids is 2. The second-order valence-electron chi connectivity index (χ2n) is 8.53. The molecule has 0 aliphatic rings. The second-order valence-corrected chi connectivity index (χ2v) is 9.53. The highest BCUT2D eigenvalue weighted by Gasteiger charge is 2.34. The number of aryl methyl sites for hydroxylation is 1. The Labute approximate surface area is 223 Å². The molecule has 198 valence electrons. The van der Waals surface area contributed by atoms with Gasteiger partial charge in [-0.1, -0.05) is 42.5 Å². The molecule has 0 spiro atoms. The fourth-order valence-electron chi connectivity index (χ4n) is 3.97. The predicted octanol–water partition coefficient (Wildman–Crippen LogP) is 5.87. The van der Waals surface area contributed by atoms with Gasteiger partial charge >= 0.3 is 6.18 Å². The van der Waals surface area contributed by atoms with Crippen molar-refractivity contribution in [2.75, 3.05) is 5.32 Å². The number of carbonyl (C=O) groups is 2. The second kappa shape index (κ2) is 10.2. The van der Waals surface area contributed by atoms with E-state index < -0.39 is 23.7 Å². The third kappa shape index (κ3) is 5.46. The van der Waals surface area contributed by atoms with Crippen molar-refractivity contribution in [2.45, 2.75) is 19.8 Å². The number of nitrogens with one attached hydrogen (secondary N) is 1. The number of hydrogen-bond donors (Lipinski definition) is 2. The number of ether oxygens (including phenoxy) is 1. The molecular formula is C27H20F3N5O3S. The minimum Gasteiger partial charge on any atom is -0.471 e. The largest absolute Gasteiger partial charge is 0.471 e. The number of benzene rings is 2. The summed E-state index contributed by atoms with van der Waals surface area (Å²) in [4.78, 5) is 28.4. The first kappa shape index (κ1) is 25.9. The molecule has 0 radical (unpaired) electrons. The van der Waals surface area contributed by atoms with Crippen LogP contribution in [0.2, 0.25) is 0 Å². The zero-order chi connectivity index (χ0) is 27.7. The first-order valence-electron chi connectivity index (χ1n) is 11.5. The van der Waals surface area contributed by atoms with Crippen LogP contribution in [0.25, 0.3) is 21.3 Å². The van der Waals surface area contributed by atoms with Crippen molar-refractivity contribution in [3.8, 4) is 16.9 Å². The summed E-state index contributed by atoms with van der Waals surface area (Å²) in [5.74, 6) is -0.978. The minimum absolute atomic E-state index is 0.00414. The normalized spacial score (nSPS) is 11.5. The molecule has 3 heterocycles. The van der Waals surface area contributed by atoms with E-state index in [1.807, 2.05) is 54.6 Å². The van der Waals surface area contributed by atoms with Gasteiger partial charge in [0.05, 0.1) is 5.69 Å². The van der Waals surface area contributed by atoms with Crippen LogP contribution in [0, 0.1) is 6.92 Å². The van der Waals surface area contributed by atoms with Crippen LogP contribution in [0.5, 0.6) is 5.75 Å². The first-order valence-corrected chi connectivity index (χ1v) is 12.4. The van der Waals surface area contributed by atoms with Gasteiger partial charge in [-0.05, 0) is 47.9 Å². The van der Waals surface area contributed by atoms with Crippen LogP contribution in [0.15, 0.2) is 72.9 Å². The van der Waals surface area contributed by atoms with E-state index in [9.17, 15) is 22.8 Å². The molecule has 0 unspecified atom stereocenters. The van der Waals surface area contributed by atoms with Gasteiger partial charge in [0.15, 0.2) is 12.4 Å². The van der Waals surface area contributed by atoms with Crippen LogP contribution in [0.3, 0.4) is 0 Å². The van der Waals surface area contributed by atoms with Crippen molar-refractivity contribution in [3.05, 3.63) is 94.8 Å². The fraction of sp³-hybridized carbons (Fsp3) is 0.111. The number of nitrogens with zero attached hydrogens (tertiary/aromatic N) is 3. The van der Waals surface area contributed by atoms with Gasteiger partial charge in [0.25, 0.3) is 11.8 Å². The van der Waals surface area contributed by atoms with Gasteiger partial charge in [-0.3, -0.25) is 9.59 Å². The molecule has 2 aromatic carbocycles. The number of anilines is 1. The molecule has 8 nitrogen and oxygen atoms in total. The molecule has 12 heteroatoms. The Kier molecular flexibility index (Phi) is 6.79. The van der Waals surface area contributed by atoms with Gasteiger partial charge < -0.3 is 15.8 Å². The number of amides is 2. The van der Waals surface area contributed by atoms with Crippen LogP contribution < -0.4 is 15.8 Å². The maximum absolute atomic E-state index is 13.2. The summed E-state index contributed by atoms with van der Waals surface area (Å²) >= 11 is 0.678. The summed E-state index contributed by atoms with van der Waals surface area (Å²) in [6.07, 6.45) is -3.13. The Hall–Kier alpha value is -4.71. The van der Waals surface area contributed by atoms with Crippen LogP contribution in [-0.4, -0.2) is 26.6 Å². The Morgan fingerprint density at radius 3 is 2.41 bits per heavy atom. The molecule has 5 aromatic rings. The van der Waals surface area contributed by atoms with E-state index >= 15 is 0 Å². The monoisotopic (exact) mass is 551 g/mol. The summed E-state index contributed by atoms with van der Waals surface area (Å²) in [5, 5.41) is 6.97. The third-order valence-corrected chi connectivity index (χ3v) is 6.91. The highest BCUT2D eigenvalue weighted by Crippen LogP contribution is 2.39. The third-order valence-electron chi connectivity index (χ3n) is 5.81. The van der Waals surface area contributed by atoms with Crippen LogP contribution in [-0.2, 0) is 12.9 Å². The Morgan fingerprint density at radius 1 is 1.05 bits per heavy atom. The molecule has 0 fully saturated rings. The lowest BCUT2D eigenvalue weighted by atomic mass is 10.1. The number of alkyl halides is 3. The fourth-order valence-corrected chi connectivity index (χ4v) is 5.03. The molecule has 0 aliphatic heterocycles. The number of aromatic nitrogens is 3. The SMILES string of the molecule is Cc1cc(C(F)(F)F)nc2sc(C(N)=O)c(NC(=O)c3ccn(COc4ccc(-c5ccccc5)cc4)n3)c12. The van der Waals surface area contributed by atoms with Gasteiger partial charge in [-0.25, -0.2) is 9.67 Å².